The molecule has 0 aliphatic carbocycles. The highest BCUT2D eigenvalue weighted by molar-refractivity contribution is 5.79. The number of hydroxylamine groups is 1. The van der Waals surface area contributed by atoms with Gasteiger partial charge in [-0.05, 0) is 32.8 Å². The highest BCUT2D eigenvalue weighted by atomic mass is 16.7. The molecule has 3 nitrogen and oxygen atoms in total. The monoisotopic (exact) mass is 168 g/mol. The van der Waals surface area contributed by atoms with Gasteiger partial charge in [-0.25, -0.2) is 0 Å². The Kier molecular flexibility index (Phi) is 3.44. The third kappa shape index (κ3) is 2.75. The molecule has 0 aromatic heterocycles. The summed E-state index contributed by atoms with van der Waals surface area (Å²) in [6, 6.07) is 0.355. The molecule has 0 aromatic carbocycles. The Morgan fingerprint density at radius 2 is 2.25 bits per heavy atom. The first-order valence-corrected chi connectivity index (χ1v) is 4.25. The maximum absolute atomic E-state index is 5.05. The van der Waals surface area contributed by atoms with Crippen molar-refractivity contribution in [2.75, 3.05) is 6.61 Å². The van der Waals surface area contributed by atoms with Gasteiger partial charge >= 0.3 is 0 Å². The van der Waals surface area contributed by atoms with Gasteiger partial charge < -0.3 is 4.84 Å². The predicted octanol–water partition coefficient (Wildman–Crippen LogP) is 1.66. The third-order valence-electron chi connectivity index (χ3n) is 1.81. The zero-order chi connectivity index (χ0) is 8.97. The summed E-state index contributed by atoms with van der Waals surface area (Å²) in [6.45, 7) is 6.84. The summed E-state index contributed by atoms with van der Waals surface area (Å²) in [5, 5.41) is 0. The molecule has 1 saturated heterocycles. The fraction of sp³-hybridized carbons (Fsp3) is 0.667. The molecule has 0 radical (unpaired) electrons. The van der Waals surface area contributed by atoms with Gasteiger partial charge in [0.15, 0.2) is 0 Å². The van der Waals surface area contributed by atoms with E-state index in [2.05, 4.69) is 17.4 Å². The molecule has 3 heteroatoms. The largest absolute Gasteiger partial charge is 0.301 e. The maximum atomic E-state index is 5.05. The van der Waals surface area contributed by atoms with E-state index in [1.165, 1.54) is 5.57 Å². The average molecular weight is 168 g/mol. The molecule has 68 valence electrons. The second-order valence-electron chi connectivity index (χ2n) is 3.26. The molecule has 1 aliphatic rings. The Morgan fingerprint density at radius 3 is 2.75 bits per heavy atom. The lowest BCUT2D eigenvalue weighted by Crippen LogP contribution is -2.20. The van der Waals surface area contributed by atoms with Gasteiger partial charge in [0, 0.05) is 11.9 Å². The number of hydrogen-bond donors (Lipinski definition) is 1. The lowest BCUT2D eigenvalue weighted by Gasteiger charge is -2.06. The van der Waals surface area contributed by atoms with Gasteiger partial charge in [-0.3, -0.25) is 4.99 Å². The van der Waals surface area contributed by atoms with Gasteiger partial charge in [0.1, 0.15) is 0 Å². The van der Waals surface area contributed by atoms with Crippen molar-refractivity contribution in [3.05, 3.63) is 11.8 Å². The average Bonchev–Trinajstić information content (AvgIpc) is 2.51. The lowest BCUT2D eigenvalue weighted by molar-refractivity contribution is 0.0930. The van der Waals surface area contributed by atoms with Crippen LogP contribution in [0.1, 0.15) is 27.2 Å². The third-order valence-corrected chi connectivity index (χ3v) is 1.81. The first kappa shape index (κ1) is 9.42. The van der Waals surface area contributed by atoms with Crippen molar-refractivity contribution in [3.8, 4) is 0 Å². The van der Waals surface area contributed by atoms with E-state index in [0.29, 0.717) is 6.04 Å². The molecule has 1 aliphatic heterocycles. The highest BCUT2D eigenvalue weighted by Crippen LogP contribution is 2.10. The van der Waals surface area contributed by atoms with E-state index >= 15 is 0 Å². The quantitative estimate of drug-likeness (QED) is 0.636. The van der Waals surface area contributed by atoms with Gasteiger partial charge in [0.05, 0.1) is 12.6 Å². The fourth-order valence-corrected chi connectivity index (χ4v) is 1.04. The van der Waals surface area contributed by atoms with Crippen LogP contribution in [0.4, 0.5) is 0 Å². The molecular weight excluding hydrogens is 152 g/mol. The van der Waals surface area contributed by atoms with E-state index in [0.717, 1.165) is 18.7 Å². The Labute approximate surface area is 73.5 Å². The Bertz CT molecular complexity index is 199. The smallest absolute Gasteiger partial charge is 0.0701 e. The molecular formula is C9H16N2O. The predicted molar refractivity (Wildman–Crippen MR) is 50.0 cm³/mol. The summed E-state index contributed by atoms with van der Waals surface area (Å²) in [5.74, 6) is 0. The summed E-state index contributed by atoms with van der Waals surface area (Å²) in [4.78, 5) is 9.27. The second kappa shape index (κ2) is 4.38. The molecule has 12 heavy (non-hydrogen) atoms. The van der Waals surface area contributed by atoms with Crippen molar-refractivity contribution < 1.29 is 4.84 Å². The topological polar surface area (TPSA) is 33.6 Å². The first-order chi connectivity index (χ1) is 5.70. The number of nitrogens with zero attached hydrogens (tertiary/aromatic N) is 1. The Balaban J connectivity index is 2.50. The van der Waals surface area contributed by atoms with Crippen LogP contribution in [0, 0.1) is 0 Å². The minimum absolute atomic E-state index is 0.355. The van der Waals surface area contributed by atoms with Crippen LogP contribution in [0.3, 0.4) is 0 Å². The molecule has 0 unspecified atom stereocenters. The van der Waals surface area contributed by atoms with Crippen molar-refractivity contribution in [1.29, 1.82) is 0 Å². The molecule has 1 rings (SSSR count). The minimum atomic E-state index is 0.355. The Morgan fingerprint density at radius 1 is 1.50 bits per heavy atom. The van der Waals surface area contributed by atoms with Crippen LogP contribution < -0.4 is 5.48 Å². The normalized spacial score (nSPS) is 24.2. The molecule has 1 fully saturated rings. The van der Waals surface area contributed by atoms with Crippen LogP contribution in [0.25, 0.3) is 0 Å². The summed E-state index contributed by atoms with van der Waals surface area (Å²) in [5.41, 5.74) is 5.25. The van der Waals surface area contributed by atoms with E-state index in [1.807, 2.05) is 20.0 Å². The number of hydrogen-bond acceptors (Lipinski definition) is 3. The van der Waals surface area contributed by atoms with Crippen molar-refractivity contribution in [2.45, 2.75) is 33.2 Å². The van der Waals surface area contributed by atoms with Crippen LogP contribution in [-0.4, -0.2) is 18.4 Å². The first-order valence-electron chi connectivity index (χ1n) is 4.25. The summed E-state index contributed by atoms with van der Waals surface area (Å²) >= 11 is 0. The van der Waals surface area contributed by atoms with E-state index < -0.39 is 0 Å². The van der Waals surface area contributed by atoms with Crippen LogP contribution in [-0.2, 0) is 4.84 Å². The molecule has 1 N–H and O–H groups in total. The van der Waals surface area contributed by atoms with E-state index in [4.69, 9.17) is 4.84 Å². The van der Waals surface area contributed by atoms with Crippen LogP contribution in [0.15, 0.2) is 16.8 Å². The standard InChI is InChI=1S/C9H16N2O/c1-7(2)10-6-8(3)9-4-5-12-11-9/h6,9,11H,4-5H2,1-3H3/b8-6+/t9-/m1/s1. The second-order valence-corrected chi connectivity index (χ2v) is 3.26. The van der Waals surface area contributed by atoms with E-state index in [1.54, 1.807) is 0 Å². The number of aliphatic imine (C=N–C) groups is 1. The molecule has 0 aromatic rings. The van der Waals surface area contributed by atoms with Crippen molar-refractivity contribution in [2.24, 2.45) is 4.99 Å². The summed E-state index contributed by atoms with van der Waals surface area (Å²) < 4.78 is 0. The van der Waals surface area contributed by atoms with Crippen LogP contribution in [0.5, 0.6) is 0 Å². The van der Waals surface area contributed by atoms with Crippen LogP contribution in [0.2, 0.25) is 0 Å². The number of rotatable bonds is 2. The van der Waals surface area contributed by atoms with Gasteiger partial charge in [0.2, 0.25) is 0 Å². The van der Waals surface area contributed by atoms with Gasteiger partial charge in [-0.2, -0.15) is 5.48 Å². The SMILES string of the molecule is CC(C)=N/C=C(\C)[C@H]1CCON1. The zero-order valence-electron chi connectivity index (χ0n) is 7.92. The minimum Gasteiger partial charge on any atom is -0.301 e. The van der Waals surface area contributed by atoms with Crippen LogP contribution >= 0.6 is 0 Å². The zero-order valence-corrected chi connectivity index (χ0v) is 7.92. The number of nitrogens with one attached hydrogen (secondary N) is 1. The summed E-state index contributed by atoms with van der Waals surface area (Å²) in [7, 11) is 0. The van der Waals surface area contributed by atoms with Gasteiger partial charge in [-0.15, -0.1) is 0 Å². The molecule has 0 bridgehead atoms. The van der Waals surface area contributed by atoms with E-state index in [9.17, 15) is 0 Å². The highest BCUT2D eigenvalue weighted by Gasteiger charge is 2.15. The Hall–Kier alpha value is -0.670. The lowest BCUT2D eigenvalue weighted by atomic mass is 10.1. The van der Waals surface area contributed by atoms with Gasteiger partial charge in [0.25, 0.3) is 0 Å². The fourth-order valence-electron chi connectivity index (χ4n) is 1.04. The molecule has 1 heterocycles. The molecule has 0 spiro atoms. The molecule has 0 amide bonds. The summed E-state index contributed by atoms with van der Waals surface area (Å²) in [6.07, 6.45) is 2.95. The molecule has 1 atom stereocenters. The van der Waals surface area contributed by atoms with Gasteiger partial charge in [-0.1, -0.05) is 0 Å². The van der Waals surface area contributed by atoms with E-state index in [-0.39, 0.29) is 0 Å². The van der Waals surface area contributed by atoms with Crippen molar-refractivity contribution in [1.82, 2.24) is 5.48 Å². The van der Waals surface area contributed by atoms with Crippen molar-refractivity contribution >= 4 is 5.71 Å². The molecule has 0 saturated carbocycles. The van der Waals surface area contributed by atoms with Crippen molar-refractivity contribution in [3.63, 3.8) is 0 Å². The maximum Gasteiger partial charge on any atom is 0.0701 e.